The molecule has 192 valence electrons. The predicted octanol–water partition coefficient (Wildman–Crippen LogP) is 9.89. The number of halogens is 4. The van der Waals surface area contributed by atoms with Crippen LogP contribution in [0.25, 0.3) is 11.1 Å². The van der Waals surface area contributed by atoms with Crippen molar-refractivity contribution in [3.05, 3.63) is 65.8 Å². The summed E-state index contributed by atoms with van der Waals surface area (Å²) in [5, 5.41) is 0. The van der Waals surface area contributed by atoms with Crippen molar-refractivity contribution in [1.29, 1.82) is 0 Å². The third kappa shape index (κ3) is 7.11. The summed E-state index contributed by atoms with van der Waals surface area (Å²) >= 11 is 0. The highest BCUT2D eigenvalue weighted by atomic mass is 19.2. The summed E-state index contributed by atoms with van der Waals surface area (Å²) in [7, 11) is 0. The minimum atomic E-state index is -1.25. The van der Waals surface area contributed by atoms with E-state index < -0.39 is 23.3 Å². The highest BCUT2D eigenvalue weighted by Crippen LogP contribution is 2.41. The van der Waals surface area contributed by atoms with Gasteiger partial charge in [0.25, 0.3) is 0 Å². The molecule has 35 heavy (non-hydrogen) atoms. The molecule has 1 saturated carbocycles. The Kier molecular flexibility index (Phi) is 10.7. The first-order valence-electron chi connectivity index (χ1n) is 13.2. The third-order valence-corrected chi connectivity index (χ3v) is 7.28. The summed E-state index contributed by atoms with van der Waals surface area (Å²) < 4.78 is 64.4. The normalized spacial score (nSPS) is 18.0. The number of unbranched alkanes of at least 4 members (excludes halogenated alkanes) is 5. The molecule has 1 fully saturated rings. The molecule has 3 rings (SSSR count). The van der Waals surface area contributed by atoms with Gasteiger partial charge in [-0.2, -0.15) is 4.39 Å². The molecule has 0 aliphatic heterocycles. The minimum Gasteiger partial charge on any atom is -0.490 e. The van der Waals surface area contributed by atoms with E-state index in [2.05, 4.69) is 13.5 Å². The van der Waals surface area contributed by atoms with Crippen LogP contribution in [0, 0.1) is 29.2 Å². The maximum absolute atomic E-state index is 15.1. The molecule has 1 nitrogen and oxygen atoms in total. The lowest BCUT2D eigenvalue weighted by molar-refractivity contribution is 0.297. The Morgan fingerprint density at radius 1 is 0.800 bits per heavy atom. The van der Waals surface area contributed by atoms with Crippen LogP contribution in [-0.4, -0.2) is 6.61 Å². The Morgan fingerprint density at radius 2 is 1.43 bits per heavy atom. The molecular weight excluding hydrogens is 452 g/mol. The predicted molar refractivity (Wildman–Crippen MR) is 135 cm³/mol. The molecule has 0 heterocycles. The van der Waals surface area contributed by atoms with Crippen LogP contribution in [0.4, 0.5) is 17.6 Å². The third-order valence-electron chi connectivity index (χ3n) is 7.28. The van der Waals surface area contributed by atoms with E-state index in [-0.39, 0.29) is 29.4 Å². The van der Waals surface area contributed by atoms with Gasteiger partial charge < -0.3 is 4.74 Å². The van der Waals surface area contributed by atoms with Crippen LogP contribution in [0.5, 0.6) is 5.75 Å². The van der Waals surface area contributed by atoms with Gasteiger partial charge in [-0.1, -0.05) is 70.1 Å². The second kappa shape index (κ2) is 13.7. The summed E-state index contributed by atoms with van der Waals surface area (Å²) in [6, 6.07) is 5.38. The second-order valence-electron chi connectivity index (χ2n) is 9.77. The quantitative estimate of drug-likeness (QED) is 0.154. The molecular formula is C30H38F4O. The average Bonchev–Trinajstić information content (AvgIpc) is 2.87. The summed E-state index contributed by atoms with van der Waals surface area (Å²) in [5.74, 6) is -4.18. The van der Waals surface area contributed by atoms with E-state index >= 15 is 8.78 Å². The van der Waals surface area contributed by atoms with Crippen molar-refractivity contribution in [2.45, 2.75) is 89.9 Å². The molecule has 5 heteroatoms. The highest BCUT2D eigenvalue weighted by molar-refractivity contribution is 5.66. The van der Waals surface area contributed by atoms with Crippen LogP contribution in [-0.2, 0) is 0 Å². The van der Waals surface area contributed by atoms with E-state index in [1.807, 2.05) is 0 Å². The van der Waals surface area contributed by atoms with E-state index in [0.717, 1.165) is 25.7 Å². The molecule has 0 bridgehead atoms. The van der Waals surface area contributed by atoms with Crippen LogP contribution in [0.15, 0.2) is 36.9 Å². The van der Waals surface area contributed by atoms with Crippen LogP contribution in [0.3, 0.4) is 0 Å². The van der Waals surface area contributed by atoms with Crippen molar-refractivity contribution >= 4 is 0 Å². The van der Waals surface area contributed by atoms with Gasteiger partial charge >= 0.3 is 0 Å². The lowest BCUT2D eigenvalue weighted by atomic mass is 9.76. The molecule has 0 radical (unpaired) electrons. The zero-order valence-corrected chi connectivity index (χ0v) is 20.9. The number of rotatable bonds is 13. The molecule has 2 aromatic carbocycles. The molecule has 1 aliphatic carbocycles. The zero-order chi connectivity index (χ0) is 25.2. The van der Waals surface area contributed by atoms with Crippen molar-refractivity contribution in [2.24, 2.45) is 5.92 Å². The average molecular weight is 491 g/mol. The molecule has 0 N–H and O–H groups in total. The lowest BCUT2D eigenvalue weighted by Crippen LogP contribution is -2.15. The Balaban J connectivity index is 1.63. The fourth-order valence-corrected chi connectivity index (χ4v) is 5.17. The van der Waals surface area contributed by atoms with E-state index in [9.17, 15) is 8.78 Å². The van der Waals surface area contributed by atoms with Crippen LogP contribution >= 0.6 is 0 Å². The minimum absolute atomic E-state index is 0.0402. The van der Waals surface area contributed by atoms with Crippen molar-refractivity contribution in [1.82, 2.24) is 0 Å². The van der Waals surface area contributed by atoms with Crippen LogP contribution in [0.1, 0.15) is 95.5 Å². The van der Waals surface area contributed by atoms with Gasteiger partial charge in [0.2, 0.25) is 5.82 Å². The van der Waals surface area contributed by atoms with Crippen molar-refractivity contribution in [3.8, 4) is 16.9 Å². The largest absolute Gasteiger partial charge is 0.490 e. The Labute approximate surface area is 207 Å². The smallest absolute Gasteiger partial charge is 0.201 e. The van der Waals surface area contributed by atoms with E-state index in [1.165, 1.54) is 69.2 Å². The molecule has 1 aliphatic rings. The first kappa shape index (κ1) is 27.3. The molecule has 0 amide bonds. The van der Waals surface area contributed by atoms with Gasteiger partial charge in [0.15, 0.2) is 23.2 Å². The number of hydrogen-bond acceptors (Lipinski definition) is 1. The number of ether oxygens (including phenoxy) is 1. The van der Waals surface area contributed by atoms with Gasteiger partial charge in [-0.05, 0) is 61.6 Å². The summed E-state index contributed by atoms with van der Waals surface area (Å²) in [5.41, 5.74) is -0.254. The fraction of sp³-hybridized carbons (Fsp3) is 0.533. The monoisotopic (exact) mass is 490 g/mol. The van der Waals surface area contributed by atoms with Gasteiger partial charge in [-0.3, -0.25) is 0 Å². The van der Waals surface area contributed by atoms with E-state index in [0.29, 0.717) is 17.9 Å². The Morgan fingerprint density at radius 3 is 2.11 bits per heavy atom. The summed E-state index contributed by atoms with van der Waals surface area (Å²) in [6.07, 6.45) is 14.7. The Hall–Kier alpha value is -2.30. The summed E-state index contributed by atoms with van der Waals surface area (Å²) in [6.45, 7) is 5.92. The van der Waals surface area contributed by atoms with Gasteiger partial charge in [0, 0.05) is 11.1 Å². The molecule has 0 spiro atoms. The van der Waals surface area contributed by atoms with Crippen LogP contribution < -0.4 is 4.74 Å². The fourth-order valence-electron chi connectivity index (χ4n) is 5.17. The van der Waals surface area contributed by atoms with Gasteiger partial charge in [-0.25, -0.2) is 13.2 Å². The first-order valence-corrected chi connectivity index (χ1v) is 13.2. The molecule has 2 aromatic rings. The number of benzene rings is 2. The maximum Gasteiger partial charge on any atom is 0.201 e. The van der Waals surface area contributed by atoms with Crippen molar-refractivity contribution < 1.29 is 22.3 Å². The Bertz CT molecular complexity index is 963. The highest BCUT2D eigenvalue weighted by Gasteiger charge is 2.27. The topological polar surface area (TPSA) is 9.23 Å². The SMILES string of the molecule is C=CCCOc1ccc(-c2ccc(C3CCC(CCCCCCCC)CC3)c(F)c2F)c(F)c1F. The van der Waals surface area contributed by atoms with Gasteiger partial charge in [0.05, 0.1) is 6.61 Å². The van der Waals surface area contributed by atoms with Crippen molar-refractivity contribution in [2.75, 3.05) is 6.61 Å². The zero-order valence-electron chi connectivity index (χ0n) is 20.9. The van der Waals surface area contributed by atoms with Gasteiger partial charge in [0.1, 0.15) is 0 Å². The molecule has 0 aromatic heterocycles. The van der Waals surface area contributed by atoms with E-state index in [1.54, 1.807) is 6.08 Å². The first-order chi connectivity index (χ1) is 17.0. The van der Waals surface area contributed by atoms with Crippen molar-refractivity contribution in [3.63, 3.8) is 0 Å². The molecule has 0 unspecified atom stereocenters. The van der Waals surface area contributed by atoms with Crippen LogP contribution in [0.2, 0.25) is 0 Å². The molecule has 0 atom stereocenters. The van der Waals surface area contributed by atoms with Gasteiger partial charge in [-0.15, -0.1) is 6.58 Å². The summed E-state index contributed by atoms with van der Waals surface area (Å²) in [4.78, 5) is 0. The lowest BCUT2D eigenvalue weighted by Gasteiger charge is -2.29. The number of hydrogen-bond donors (Lipinski definition) is 0. The molecule has 0 saturated heterocycles. The second-order valence-corrected chi connectivity index (χ2v) is 9.77. The van der Waals surface area contributed by atoms with E-state index in [4.69, 9.17) is 4.74 Å². The maximum atomic E-state index is 15.1. The standard InChI is InChI=1S/C30H38F4O/c1-3-5-7-8-9-10-11-21-12-14-22(15-13-21)23-16-17-24(28(32)27(23)31)25-18-19-26(30(34)29(25)33)35-20-6-4-2/h4,16-19,21-22H,2-3,5-15,20H2,1H3.